The second kappa shape index (κ2) is 9.88. The maximum atomic E-state index is 13.0. The van der Waals surface area contributed by atoms with Gasteiger partial charge in [-0.15, -0.1) is 11.3 Å². The largest absolute Gasteiger partial charge is 0.493 e. The molecule has 3 aromatic heterocycles. The summed E-state index contributed by atoms with van der Waals surface area (Å²) in [5, 5.41) is 5.49. The van der Waals surface area contributed by atoms with E-state index in [4.69, 9.17) is 9.47 Å². The van der Waals surface area contributed by atoms with E-state index in [9.17, 15) is 14.4 Å². The molecule has 35 heavy (non-hydrogen) atoms. The van der Waals surface area contributed by atoms with Crippen LogP contribution in [0.25, 0.3) is 22.4 Å². The molecule has 11 nitrogen and oxygen atoms in total. The fraction of sp³-hybridized carbons (Fsp3) is 0.273. The van der Waals surface area contributed by atoms with E-state index in [2.05, 4.69) is 20.3 Å². The van der Waals surface area contributed by atoms with Crippen molar-refractivity contribution in [3.05, 3.63) is 50.1 Å². The summed E-state index contributed by atoms with van der Waals surface area (Å²) in [5.74, 6) is 0.939. The molecule has 1 aromatic carbocycles. The van der Waals surface area contributed by atoms with Crippen LogP contribution in [0, 0.1) is 6.92 Å². The van der Waals surface area contributed by atoms with E-state index < -0.39 is 11.2 Å². The van der Waals surface area contributed by atoms with Gasteiger partial charge in [-0.25, -0.2) is 19.7 Å². The first-order valence-corrected chi connectivity index (χ1v) is 12.1. The Hall–Kier alpha value is -3.71. The lowest BCUT2D eigenvalue weighted by Crippen LogP contribution is -2.37. The third kappa shape index (κ3) is 4.77. The van der Waals surface area contributed by atoms with Crippen molar-refractivity contribution < 1.29 is 14.3 Å². The maximum Gasteiger partial charge on any atom is 0.332 e. The first-order valence-electron chi connectivity index (χ1n) is 10.3. The highest BCUT2D eigenvalue weighted by atomic mass is 32.2. The molecule has 0 spiro atoms. The molecule has 3 heterocycles. The molecule has 0 atom stereocenters. The number of rotatable bonds is 7. The van der Waals surface area contributed by atoms with Crippen LogP contribution in [0.4, 0.5) is 5.13 Å². The number of anilines is 1. The minimum absolute atomic E-state index is 0.0257. The van der Waals surface area contributed by atoms with Crippen LogP contribution in [0.5, 0.6) is 11.5 Å². The third-order valence-electron chi connectivity index (χ3n) is 5.11. The Morgan fingerprint density at radius 3 is 2.49 bits per heavy atom. The number of nitrogens with one attached hydrogen (secondary N) is 1. The second-order valence-electron chi connectivity index (χ2n) is 7.46. The zero-order valence-corrected chi connectivity index (χ0v) is 21.2. The molecule has 1 N–H and O–H groups in total. The van der Waals surface area contributed by atoms with Crippen molar-refractivity contribution in [2.45, 2.75) is 11.9 Å². The van der Waals surface area contributed by atoms with Gasteiger partial charge < -0.3 is 14.8 Å². The fourth-order valence-electron chi connectivity index (χ4n) is 3.34. The van der Waals surface area contributed by atoms with E-state index in [0.29, 0.717) is 22.2 Å². The van der Waals surface area contributed by atoms with Gasteiger partial charge in [0.15, 0.2) is 28.1 Å². The fourth-order valence-corrected chi connectivity index (χ4v) is 4.86. The Bertz CT molecular complexity index is 1560. The van der Waals surface area contributed by atoms with Gasteiger partial charge >= 0.3 is 5.69 Å². The van der Waals surface area contributed by atoms with E-state index in [-0.39, 0.29) is 33.5 Å². The number of hydrogen-bond donors (Lipinski definition) is 1. The Kier molecular flexibility index (Phi) is 6.89. The van der Waals surface area contributed by atoms with E-state index >= 15 is 0 Å². The molecule has 13 heteroatoms. The van der Waals surface area contributed by atoms with Crippen LogP contribution in [0.2, 0.25) is 0 Å². The van der Waals surface area contributed by atoms with E-state index in [1.807, 2.05) is 12.3 Å². The van der Waals surface area contributed by atoms with Crippen LogP contribution in [-0.2, 0) is 18.9 Å². The molecule has 0 aliphatic carbocycles. The molecule has 0 aliphatic heterocycles. The lowest BCUT2D eigenvalue weighted by molar-refractivity contribution is -0.113. The number of methoxy groups -OCH3 is 2. The number of thiazole rings is 1. The number of nitrogens with zero attached hydrogens (tertiary/aromatic N) is 5. The minimum Gasteiger partial charge on any atom is -0.493 e. The first-order chi connectivity index (χ1) is 16.7. The van der Waals surface area contributed by atoms with Crippen molar-refractivity contribution in [2.75, 3.05) is 25.3 Å². The highest BCUT2D eigenvalue weighted by Crippen LogP contribution is 2.33. The van der Waals surface area contributed by atoms with Gasteiger partial charge in [0.2, 0.25) is 5.91 Å². The lowest BCUT2D eigenvalue weighted by Gasteiger charge is -2.13. The SMILES string of the molecule is COc1ccc(-c2nc(SCC(=O)Nc3nc(C)cs3)c3c(=O)n(C)c(=O)n(C)c3n2)cc1OC. The van der Waals surface area contributed by atoms with Crippen LogP contribution in [0.1, 0.15) is 5.69 Å². The van der Waals surface area contributed by atoms with Gasteiger partial charge in [-0.2, -0.15) is 0 Å². The Morgan fingerprint density at radius 2 is 1.83 bits per heavy atom. The maximum absolute atomic E-state index is 13.0. The molecule has 0 unspecified atom stereocenters. The van der Waals surface area contributed by atoms with Crippen LogP contribution < -0.4 is 26.0 Å². The summed E-state index contributed by atoms with van der Waals surface area (Å²) >= 11 is 2.40. The number of benzene rings is 1. The molecule has 1 amide bonds. The zero-order chi connectivity index (χ0) is 25.3. The standard InChI is InChI=1S/C22H22N6O5S2/c1-11-9-35-21(23-11)24-15(29)10-34-19-16-18(27(2)22(31)28(3)20(16)30)25-17(26-19)12-6-7-13(32-4)14(8-12)33-5/h6-9H,10H2,1-5H3,(H,23,24,29). The van der Waals surface area contributed by atoms with Crippen LogP contribution >= 0.6 is 23.1 Å². The number of amides is 1. The van der Waals surface area contributed by atoms with Gasteiger partial charge in [0.1, 0.15) is 10.4 Å². The van der Waals surface area contributed by atoms with Crippen molar-refractivity contribution in [2.24, 2.45) is 14.1 Å². The number of aromatic nitrogens is 5. The number of aryl methyl sites for hydroxylation is 2. The van der Waals surface area contributed by atoms with Crippen LogP contribution in [0.3, 0.4) is 0 Å². The molecule has 0 aliphatic rings. The van der Waals surface area contributed by atoms with E-state index in [1.165, 1.54) is 44.2 Å². The Morgan fingerprint density at radius 1 is 1.09 bits per heavy atom. The van der Waals surface area contributed by atoms with Gasteiger partial charge in [0, 0.05) is 25.0 Å². The Balaban J connectivity index is 1.80. The van der Waals surface area contributed by atoms with Crippen molar-refractivity contribution in [1.29, 1.82) is 0 Å². The van der Waals surface area contributed by atoms with E-state index in [1.54, 1.807) is 18.2 Å². The molecule has 0 fully saturated rings. The number of carbonyl (C=O) groups is 1. The second-order valence-corrected chi connectivity index (χ2v) is 9.28. The van der Waals surface area contributed by atoms with Gasteiger partial charge in [-0.3, -0.25) is 18.7 Å². The lowest BCUT2D eigenvalue weighted by atomic mass is 10.2. The highest BCUT2D eigenvalue weighted by Gasteiger charge is 2.20. The summed E-state index contributed by atoms with van der Waals surface area (Å²) in [4.78, 5) is 51.4. The Labute approximate surface area is 207 Å². The molecule has 0 saturated carbocycles. The topological polar surface area (TPSA) is 130 Å². The number of fused-ring (bicyclic) bond motifs is 1. The molecule has 0 bridgehead atoms. The summed E-state index contributed by atoms with van der Waals surface area (Å²) in [7, 11) is 5.96. The predicted octanol–water partition coefficient (Wildman–Crippen LogP) is 2.21. The monoisotopic (exact) mass is 514 g/mol. The number of hydrogen-bond acceptors (Lipinski definition) is 10. The molecular formula is C22H22N6O5S2. The van der Waals surface area contributed by atoms with Crippen LogP contribution in [-0.4, -0.2) is 50.0 Å². The van der Waals surface area contributed by atoms with Crippen molar-refractivity contribution >= 4 is 45.2 Å². The zero-order valence-electron chi connectivity index (χ0n) is 19.6. The molecule has 4 aromatic rings. The first kappa shape index (κ1) is 24.4. The summed E-state index contributed by atoms with van der Waals surface area (Å²) in [6.45, 7) is 1.84. The van der Waals surface area contributed by atoms with Crippen molar-refractivity contribution in [3.8, 4) is 22.9 Å². The van der Waals surface area contributed by atoms with Gasteiger partial charge in [-0.05, 0) is 25.1 Å². The molecule has 0 saturated heterocycles. The normalized spacial score (nSPS) is 11.0. The van der Waals surface area contributed by atoms with Gasteiger partial charge in [-0.1, -0.05) is 11.8 Å². The summed E-state index contributed by atoms with van der Waals surface area (Å²) < 4.78 is 12.9. The molecule has 182 valence electrons. The number of thioether (sulfide) groups is 1. The molecule has 4 rings (SSSR count). The summed E-state index contributed by atoms with van der Waals surface area (Å²) in [6.07, 6.45) is 0. The summed E-state index contributed by atoms with van der Waals surface area (Å²) in [6, 6.07) is 5.15. The number of carbonyl (C=O) groups excluding carboxylic acids is 1. The predicted molar refractivity (Wildman–Crippen MR) is 135 cm³/mol. The van der Waals surface area contributed by atoms with Crippen molar-refractivity contribution in [3.63, 3.8) is 0 Å². The average Bonchev–Trinajstić information content (AvgIpc) is 3.27. The van der Waals surface area contributed by atoms with Crippen LogP contribution in [0.15, 0.2) is 38.2 Å². The minimum atomic E-state index is -0.541. The quantitative estimate of drug-likeness (QED) is 0.291. The third-order valence-corrected chi connectivity index (χ3v) is 6.96. The van der Waals surface area contributed by atoms with Crippen molar-refractivity contribution in [1.82, 2.24) is 24.1 Å². The van der Waals surface area contributed by atoms with E-state index in [0.717, 1.165) is 22.0 Å². The molecular weight excluding hydrogens is 492 g/mol. The average molecular weight is 515 g/mol. The highest BCUT2D eigenvalue weighted by molar-refractivity contribution is 8.00. The van der Waals surface area contributed by atoms with Gasteiger partial charge in [0.25, 0.3) is 5.56 Å². The number of ether oxygens (including phenoxy) is 2. The smallest absolute Gasteiger partial charge is 0.332 e. The summed E-state index contributed by atoms with van der Waals surface area (Å²) in [5.41, 5.74) is 0.495. The van der Waals surface area contributed by atoms with Gasteiger partial charge in [0.05, 0.1) is 25.7 Å². The molecule has 0 radical (unpaired) electrons.